The third kappa shape index (κ3) is 3.71. The highest BCUT2D eigenvalue weighted by Gasteiger charge is 2.16. The molecule has 0 aliphatic carbocycles. The predicted octanol–water partition coefficient (Wildman–Crippen LogP) is 2.29. The number of non-ortho nitro benzene ring substituents is 1. The Kier molecular flexibility index (Phi) is 4.45. The summed E-state index contributed by atoms with van der Waals surface area (Å²) < 4.78 is 0. The zero-order valence-electron chi connectivity index (χ0n) is 9.59. The third-order valence-corrected chi connectivity index (χ3v) is 2.31. The summed E-state index contributed by atoms with van der Waals surface area (Å²) >= 11 is 5.78. The van der Waals surface area contributed by atoms with Gasteiger partial charge in [-0.1, -0.05) is 6.07 Å². The molecule has 0 spiro atoms. The molecule has 0 aliphatic rings. The second kappa shape index (κ2) is 5.63. The molecule has 17 heavy (non-hydrogen) atoms. The van der Waals surface area contributed by atoms with Crippen LogP contribution in [0.15, 0.2) is 24.3 Å². The number of nitro groups is 1. The SMILES string of the molecule is CC(Cl)CN(C)C(=O)c1cccc([N+](=O)[O-])c1. The van der Waals surface area contributed by atoms with Crippen molar-refractivity contribution in [2.45, 2.75) is 12.3 Å². The molecular formula is C11H13ClN2O3. The minimum absolute atomic E-state index is 0.0943. The molecule has 1 atom stereocenters. The minimum Gasteiger partial charge on any atom is -0.340 e. The van der Waals surface area contributed by atoms with Crippen molar-refractivity contribution >= 4 is 23.2 Å². The van der Waals surface area contributed by atoms with Crippen molar-refractivity contribution in [1.29, 1.82) is 0 Å². The molecule has 1 unspecified atom stereocenters. The van der Waals surface area contributed by atoms with Gasteiger partial charge in [0.15, 0.2) is 0 Å². The molecule has 1 aromatic rings. The quantitative estimate of drug-likeness (QED) is 0.472. The fourth-order valence-corrected chi connectivity index (χ4v) is 1.64. The molecule has 0 saturated heterocycles. The van der Waals surface area contributed by atoms with E-state index in [-0.39, 0.29) is 17.0 Å². The van der Waals surface area contributed by atoms with Crippen LogP contribution in [0.3, 0.4) is 0 Å². The predicted molar refractivity (Wildman–Crippen MR) is 65.4 cm³/mol. The molecule has 0 saturated carbocycles. The molecule has 0 bridgehead atoms. The van der Waals surface area contributed by atoms with Gasteiger partial charge in [0.05, 0.1) is 4.92 Å². The third-order valence-electron chi connectivity index (χ3n) is 2.18. The molecule has 0 heterocycles. The Hall–Kier alpha value is -1.62. The minimum atomic E-state index is -0.527. The van der Waals surface area contributed by atoms with Crippen LogP contribution < -0.4 is 0 Å². The van der Waals surface area contributed by atoms with E-state index >= 15 is 0 Å². The van der Waals surface area contributed by atoms with Gasteiger partial charge in [0.1, 0.15) is 0 Å². The summed E-state index contributed by atoms with van der Waals surface area (Å²) in [5.41, 5.74) is 0.196. The lowest BCUT2D eigenvalue weighted by molar-refractivity contribution is -0.384. The van der Waals surface area contributed by atoms with E-state index in [9.17, 15) is 14.9 Å². The maximum Gasteiger partial charge on any atom is 0.270 e. The van der Waals surface area contributed by atoms with E-state index in [0.29, 0.717) is 12.1 Å². The van der Waals surface area contributed by atoms with Gasteiger partial charge in [0, 0.05) is 36.7 Å². The number of rotatable bonds is 4. The number of alkyl halides is 1. The number of carbonyl (C=O) groups excluding carboxylic acids is 1. The van der Waals surface area contributed by atoms with Gasteiger partial charge in [-0.25, -0.2) is 0 Å². The maximum atomic E-state index is 11.9. The molecular weight excluding hydrogens is 244 g/mol. The highest BCUT2D eigenvalue weighted by molar-refractivity contribution is 6.20. The first kappa shape index (κ1) is 13.4. The molecule has 1 amide bonds. The van der Waals surface area contributed by atoms with Gasteiger partial charge in [-0.15, -0.1) is 11.6 Å². The summed E-state index contributed by atoms with van der Waals surface area (Å²) in [6.07, 6.45) is 0. The van der Waals surface area contributed by atoms with E-state index in [1.165, 1.54) is 23.1 Å². The molecule has 1 aromatic carbocycles. The lowest BCUT2D eigenvalue weighted by atomic mass is 10.2. The first-order valence-electron chi connectivity index (χ1n) is 5.06. The fourth-order valence-electron chi connectivity index (χ4n) is 1.43. The monoisotopic (exact) mass is 256 g/mol. The van der Waals surface area contributed by atoms with E-state index in [2.05, 4.69) is 0 Å². The lowest BCUT2D eigenvalue weighted by Gasteiger charge is -2.18. The van der Waals surface area contributed by atoms with Gasteiger partial charge in [-0.05, 0) is 13.0 Å². The van der Waals surface area contributed by atoms with Gasteiger partial charge >= 0.3 is 0 Å². The van der Waals surface area contributed by atoms with Crippen molar-refractivity contribution in [2.75, 3.05) is 13.6 Å². The largest absolute Gasteiger partial charge is 0.340 e. The molecule has 0 aliphatic heterocycles. The van der Waals surface area contributed by atoms with Crippen LogP contribution in [0.5, 0.6) is 0 Å². The number of amides is 1. The van der Waals surface area contributed by atoms with Crippen LogP contribution in [0.1, 0.15) is 17.3 Å². The van der Waals surface area contributed by atoms with E-state index < -0.39 is 4.92 Å². The number of halogens is 1. The molecule has 0 N–H and O–H groups in total. The van der Waals surface area contributed by atoms with Crippen molar-refractivity contribution in [2.24, 2.45) is 0 Å². The average Bonchev–Trinajstić information content (AvgIpc) is 2.27. The fraction of sp³-hybridized carbons (Fsp3) is 0.364. The van der Waals surface area contributed by atoms with Crippen LogP contribution >= 0.6 is 11.6 Å². The van der Waals surface area contributed by atoms with Gasteiger partial charge in [0.2, 0.25) is 0 Å². The number of hydrogen-bond donors (Lipinski definition) is 0. The number of nitro benzene ring substituents is 1. The Morgan fingerprint density at radius 2 is 2.24 bits per heavy atom. The van der Waals surface area contributed by atoms with Gasteiger partial charge in [0.25, 0.3) is 11.6 Å². The molecule has 0 aromatic heterocycles. The number of benzene rings is 1. The standard InChI is InChI=1S/C11H13ClN2O3/c1-8(12)7-13(2)11(15)9-4-3-5-10(6-9)14(16)17/h3-6,8H,7H2,1-2H3. The zero-order valence-corrected chi connectivity index (χ0v) is 10.3. The zero-order chi connectivity index (χ0) is 13.0. The van der Waals surface area contributed by atoms with Crippen LogP contribution in [0, 0.1) is 10.1 Å². The first-order chi connectivity index (χ1) is 7.91. The Balaban J connectivity index is 2.89. The Labute approximate surface area is 104 Å². The van der Waals surface area contributed by atoms with Gasteiger partial charge in [-0.2, -0.15) is 0 Å². The summed E-state index contributed by atoms with van der Waals surface area (Å²) in [5, 5.41) is 10.4. The summed E-state index contributed by atoms with van der Waals surface area (Å²) in [4.78, 5) is 23.4. The number of nitrogens with zero attached hydrogens (tertiary/aromatic N) is 2. The van der Waals surface area contributed by atoms with Crippen LogP contribution in [-0.4, -0.2) is 34.7 Å². The Morgan fingerprint density at radius 3 is 2.76 bits per heavy atom. The number of carbonyl (C=O) groups is 1. The molecule has 6 heteroatoms. The summed E-state index contributed by atoms with van der Waals surface area (Å²) in [5.74, 6) is -0.277. The average molecular weight is 257 g/mol. The topological polar surface area (TPSA) is 63.5 Å². The van der Waals surface area contributed by atoms with Crippen molar-refractivity contribution in [3.05, 3.63) is 39.9 Å². The normalized spacial score (nSPS) is 11.9. The highest BCUT2D eigenvalue weighted by atomic mass is 35.5. The van der Waals surface area contributed by atoms with Crippen LogP contribution in [0.2, 0.25) is 0 Å². The molecule has 0 fully saturated rings. The summed E-state index contributed by atoms with van der Waals surface area (Å²) in [7, 11) is 1.61. The maximum absolute atomic E-state index is 11.9. The van der Waals surface area contributed by atoms with Gasteiger partial charge < -0.3 is 4.90 Å². The first-order valence-corrected chi connectivity index (χ1v) is 5.49. The van der Waals surface area contributed by atoms with Crippen molar-refractivity contribution in [1.82, 2.24) is 4.90 Å². The molecule has 92 valence electrons. The van der Waals surface area contributed by atoms with Crippen molar-refractivity contribution in [3.8, 4) is 0 Å². The number of hydrogen-bond acceptors (Lipinski definition) is 3. The highest BCUT2D eigenvalue weighted by Crippen LogP contribution is 2.14. The molecule has 5 nitrogen and oxygen atoms in total. The van der Waals surface area contributed by atoms with Crippen molar-refractivity contribution in [3.63, 3.8) is 0 Å². The molecule has 0 radical (unpaired) electrons. The summed E-state index contributed by atoms with van der Waals surface area (Å²) in [6.45, 7) is 2.17. The van der Waals surface area contributed by atoms with E-state index in [1.807, 2.05) is 0 Å². The van der Waals surface area contributed by atoms with Crippen molar-refractivity contribution < 1.29 is 9.72 Å². The van der Waals surface area contributed by atoms with Gasteiger partial charge in [-0.3, -0.25) is 14.9 Å². The van der Waals surface area contributed by atoms with E-state index in [1.54, 1.807) is 20.0 Å². The lowest BCUT2D eigenvalue weighted by Crippen LogP contribution is -2.31. The van der Waals surface area contributed by atoms with E-state index in [4.69, 9.17) is 11.6 Å². The van der Waals surface area contributed by atoms with Crippen LogP contribution in [-0.2, 0) is 0 Å². The van der Waals surface area contributed by atoms with Crippen LogP contribution in [0.4, 0.5) is 5.69 Å². The Morgan fingerprint density at radius 1 is 1.59 bits per heavy atom. The summed E-state index contributed by atoms with van der Waals surface area (Å²) in [6, 6.07) is 5.65. The second-order valence-corrected chi connectivity index (χ2v) is 4.52. The second-order valence-electron chi connectivity index (χ2n) is 3.77. The van der Waals surface area contributed by atoms with E-state index in [0.717, 1.165) is 0 Å². The van der Waals surface area contributed by atoms with Crippen LogP contribution in [0.25, 0.3) is 0 Å². The Bertz CT molecular complexity index is 434. The smallest absolute Gasteiger partial charge is 0.270 e. The molecule has 1 rings (SSSR count).